The van der Waals surface area contributed by atoms with Crippen LogP contribution in [0.1, 0.15) is 144 Å². The van der Waals surface area contributed by atoms with E-state index in [1.165, 1.54) is 89.0 Å². The Kier molecular flexibility index (Phi) is 17.5. The van der Waals surface area contributed by atoms with E-state index in [0.717, 1.165) is 77.6 Å². The quantitative estimate of drug-likeness (QED) is 0.130. The molecule has 3 heterocycles. The van der Waals surface area contributed by atoms with Crippen LogP contribution in [-0.2, 0) is 16.2 Å². The van der Waals surface area contributed by atoms with Gasteiger partial charge in [-0.25, -0.2) is 0 Å². The molecule has 1 saturated carbocycles. The first-order valence-electron chi connectivity index (χ1n) is 31.3. The Hall–Kier alpha value is -7.35. The smallest absolute Gasteiger partial charge is 0.0705 e. The maximum Gasteiger partial charge on any atom is 0.0705 e. The zero-order chi connectivity index (χ0) is 62.5. The molecule has 0 spiro atoms. The first-order valence-corrected chi connectivity index (χ1v) is 33.7. The molecule has 3 aromatic heterocycles. The lowest BCUT2D eigenvalue weighted by atomic mass is 9.65. The Morgan fingerprint density at radius 2 is 0.663 bits per heavy atom. The second kappa shape index (κ2) is 25.1. The third-order valence-corrected chi connectivity index (χ3v) is 20.5. The molecule has 1 aliphatic carbocycles. The van der Waals surface area contributed by atoms with E-state index in [1.54, 1.807) is 0 Å². The third kappa shape index (κ3) is 13.2. The molecule has 0 bridgehead atoms. The molecule has 1 fully saturated rings. The van der Waals surface area contributed by atoms with Crippen LogP contribution in [0.3, 0.4) is 0 Å². The molecule has 0 saturated heterocycles. The van der Waals surface area contributed by atoms with E-state index in [1.807, 2.05) is 18.6 Å². The number of benzene rings is 8. The first-order chi connectivity index (χ1) is 42.5. The van der Waals surface area contributed by atoms with Gasteiger partial charge in [0.05, 0.1) is 17.1 Å². The van der Waals surface area contributed by atoms with Crippen LogP contribution < -0.4 is 0 Å². The van der Waals surface area contributed by atoms with Gasteiger partial charge in [-0.05, 0) is 199 Å². The number of hydrogen-bond acceptors (Lipinski definition) is 3. The van der Waals surface area contributed by atoms with E-state index in [2.05, 4.69) is 324 Å². The second-order valence-electron chi connectivity index (χ2n) is 27.8. The number of hydrogen-bond donors (Lipinski definition) is 0. The normalized spacial score (nSPS) is 15.5. The summed E-state index contributed by atoms with van der Waals surface area (Å²) in [6, 6.07) is 74.5. The zero-order valence-corrected chi connectivity index (χ0v) is 57.9. The summed E-state index contributed by atoms with van der Waals surface area (Å²) < 4.78 is 3.18. The average molecular weight is 1360 g/mol. The fourth-order valence-corrected chi connectivity index (χ4v) is 15.2. The minimum absolute atomic E-state index is 0.0116. The highest BCUT2D eigenvalue weighted by atomic mass is 79.9. The average Bonchev–Trinajstić information content (AvgIpc) is 0.880. The summed E-state index contributed by atoms with van der Waals surface area (Å²) in [5.74, 6) is 0.631. The molecule has 2 atom stereocenters. The van der Waals surface area contributed by atoms with Crippen molar-refractivity contribution in [1.29, 1.82) is 0 Å². The molecule has 0 amide bonds. The minimum Gasteiger partial charge on any atom is -0.256 e. The fourth-order valence-electron chi connectivity index (χ4n) is 13.4. The van der Waals surface area contributed by atoms with E-state index < -0.39 is 0 Å². The van der Waals surface area contributed by atoms with Crippen molar-refractivity contribution in [2.45, 2.75) is 129 Å². The monoisotopic (exact) mass is 1350 g/mol. The van der Waals surface area contributed by atoms with Gasteiger partial charge in [-0.3, -0.25) is 15.0 Å². The molecule has 89 heavy (non-hydrogen) atoms. The van der Waals surface area contributed by atoms with Crippen molar-refractivity contribution in [3.05, 3.63) is 277 Å². The molecule has 11 aromatic rings. The standard InChI is InChI=1S/C83H78Br3N3/c1-51-38-78(88-49-73(51)53-20-14-12-15-21-53)55-27-32-69(76(85)43-55)71-46-61(81(3,4)5)29-34-65(71)59-40-58(64-24-18-19-25-67(64)68-31-26-57(45-75(68)84)80-48-63(36-37-87-80)83(9,10)11)41-60(42-59)66-35-30-62(82(6,7)8)47-72(66)70-33-28-56(44-77(70)86)79-39-52(2)74(50-89-79)54-22-16-13-17-23-54/h12-39,43-50,58-60H,40-42H2,1-11H3. The number of aryl methyl sites for hydroxylation is 2. The topological polar surface area (TPSA) is 38.7 Å². The van der Waals surface area contributed by atoms with Crippen LogP contribution in [0.15, 0.2) is 232 Å². The van der Waals surface area contributed by atoms with Crippen molar-refractivity contribution in [3.8, 4) is 89.4 Å². The number of pyridine rings is 3. The summed E-state index contributed by atoms with van der Waals surface area (Å²) >= 11 is 12.6. The van der Waals surface area contributed by atoms with Crippen LogP contribution in [0.4, 0.5) is 0 Å². The molecular weight excluding hydrogens is 1280 g/mol. The second-order valence-corrected chi connectivity index (χ2v) is 30.3. The SMILES string of the molecule is Cc1cc(-c2ccc(-c3cc(C(C)(C)C)ccc3C3CC(c4ccccc4-c4ccc(-c5cc(C(C)(C)C)ccn5)cc4Br)CC(c4ccc(C(C)(C)C)cc4-c4ccc(-c5cc(C)c(-c6ccccc6)cn5)cc4Br)C3)c(Br)c2)ncc1-c1ccccc1. The van der Waals surface area contributed by atoms with E-state index in [9.17, 15) is 0 Å². The van der Waals surface area contributed by atoms with Crippen LogP contribution in [-0.4, -0.2) is 15.0 Å². The van der Waals surface area contributed by atoms with E-state index in [-0.39, 0.29) is 34.0 Å². The van der Waals surface area contributed by atoms with Crippen molar-refractivity contribution in [2.24, 2.45) is 0 Å². The predicted molar refractivity (Wildman–Crippen MR) is 387 cm³/mol. The molecule has 0 radical (unpaired) electrons. The van der Waals surface area contributed by atoms with Gasteiger partial charge in [-0.15, -0.1) is 0 Å². The van der Waals surface area contributed by atoms with Crippen molar-refractivity contribution in [3.63, 3.8) is 0 Å². The van der Waals surface area contributed by atoms with E-state index in [4.69, 9.17) is 15.0 Å². The molecule has 0 aliphatic heterocycles. The summed E-state index contributed by atoms with van der Waals surface area (Å²) in [4.78, 5) is 15.0. The molecule has 8 aromatic carbocycles. The molecular formula is C83H78Br3N3. The Morgan fingerprint density at radius 1 is 0.303 bits per heavy atom. The number of aromatic nitrogens is 3. The van der Waals surface area contributed by atoms with Crippen molar-refractivity contribution < 1.29 is 0 Å². The highest BCUT2D eigenvalue weighted by Crippen LogP contribution is 2.55. The highest BCUT2D eigenvalue weighted by molar-refractivity contribution is 9.11. The maximum atomic E-state index is 5.06. The molecule has 3 nitrogen and oxygen atoms in total. The van der Waals surface area contributed by atoms with Crippen molar-refractivity contribution in [1.82, 2.24) is 15.0 Å². The lowest BCUT2D eigenvalue weighted by Crippen LogP contribution is -2.22. The molecule has 6 heteroatoms. The lowest BCUT2D eigenvalue weighted by Gasteiger charge is -2.39. The molecule has 1 aliphatic rings. The molecule has 2 unspecified atom stereocenters. The molecule has 12 rings (SSSR count). The van der Waals surface area contributed by atoms with Crippen molar-refractivity contribution >= 4 is 47.8 Å². The lowest BCUT2D eigenvalue weighted by molar-refractivity contribution is 0.352. The van der Waals surface area contributed by atoms with Gasteiger partial charge >= 0.3 is 0 Å². The van der Waals surface area contributed by atoms with Gasteiger partial charge in [-0.2, -0.15) is 0 Å². The number of halogens is 3. The highest BCUT2D eigenvalue weighted by Gasteiger charge is 2.36. The van der Waals surface area contributed by atoms with E-state index in [0.29, 0.717) is 0 Å². The van der Waals surface area contributed by atoms with Crippen LogP contribution in [0.2, 0.25) is 0 Å². The van der Waals surface area contributed by atoms with Gasteiger partial charge in [0, 0.05) is 59.8 Å². The Bertz CT molecular complexity index is 4220. The predicted octanol–water partition coefficient (Wildman–Crippen LogP) is 24.8. The Labute approximate surface area is 554 Å². The van der Waals surface area contributed by atoms with Gasteiger partial charge in [0.1, 0.15) is 0 Å². The van der Waals surface area contributed by atoms with Crippen LogP contribution >= 0.6 is 47.8 Å². The number of nitrogens with zero attached hydrogens (tertiary/aromatic N) is 3. The van der Waals surface area contributed by atoms with Crippen LogP contribution in [0, 0.1) is 13.8 Å². The Morgan fingerprint density at radius 3 is 1.06 bits per heavy atom. The van der Waals surface area contributed by atoms with Crippen LogP contribution in [0.5, 0.6) is 0 Å². The third-order valence-electron chi connectivity index (χ3n) is 18.5. The zero-order valence-electron chi connectivity index (χ0n) is 53.1. The molecule has 446 valence electrons. The van der Waals surface area contributed by atoms with Gasteiger partial charge in [0.25, 0.3) is 0 Å². The van der Waals surface area contributed by atoms with E-state index >= 15 is 0 Å². The fraction of sp³-hybridized carbons (Fsp3) is 0.241. The van der Waals surface area contributed by atoms with Crippen molar-refractivity contribution in [2.75, 3.05) is 0 Å². The first kappa shape index (κ1) is 61.9. The van der Waals surface area contributed by atoms with Gasteiger partial charge in [-0.1, -0.05) is 268 Å². The largest absolute Gasteiger partial charge is 0.256 e. The van der Waals surface area contributed by atoms with Gasteiger partial charge < -0.3 is 0 Å². The summed E-state index contributed by atoms with van der Waals surface area (Å²) in [6.45, 7) is 25.1. The van der Waals surface area contributed by atoms with Crippen LogP contribution in [0.25, 0.3) is 89.4 Å². The Balaban J connectivity index is 0.985. The molecule has 0 N–H and O–H groups in total. The summed E-state index contributed by atoms with van der Waals surface area (Å²) in [6.07, 6.45) is 8.97. The van der Waals surface area contributed by atoms with Gasteiger partial charge in [0.2, 0.25) is 0 Å². The number of rotatable bonds is 11. The maximum absolute atomic E-state index is 5.06. The summed E-state index contributed by atoms with van der Waals surface area (Å²) in [5.41, 5.74) is 28.5. The summed E-state index contributed by atoms with van der Waals surface area (Å²) in [5, 5.41) is 0. The summed E-state index contributed by atoms with van der Waals surface area (Å²) in [7, 11) is 0. The van der Waals surface area contributed by atoms with Gasteiger partial charge in [0.15, 0.2) is 0 Å². The minimum atomic E-state index is -0.0697.